The number of rotatable bonds is 5. The molecular formula is C8H10N4O4S. The molecule has 92 valence electrons. The molecule has 0 spiro atoms. The number of nitrogens with zero attached hydrogens (tertiary/aromatic N) is 3. The first-order valence-electron chi connectivity index (χ1n) is 4.51. The maximum atomic E-state index is 10.9. The number of carbonyl (C=O) groups is 1. The van der Waals surface area contributed by atoms with Crippen LogP contribution in [0.1, 0.15) is 6.42 Å². The summed E-state index contributed by atoms with van der Waals surface area (Å²) in [5, 5.41) is 10.8. The number of nitrogens with two attached hydrogens (primary N) is 1. The predicted octanol–water partition coefficient (Wildman–Crippen LogP) is 0.622. The fourth-order valence-corrected chi connectivity index (χ4v) is 1.83. The Kier molecular flexibility index (Phi) is 4.64. The van der Waals surface area contributed by atoms with Crippen molar-refractivity contribution in [2.24, 2.45) is 0 Å². The normalized spacial score (nSPS) is 9.94. The third kappa shape index (κ3) is 3.87. The van der Waals surface area contributed by atoms with Crippen LogP contribution in [0.25, 0.3) is 0 Å². The zero-order chi connectivity index (χ0) is 12.8. The fourth-order valence-electron chi connectivity index (χ4n) is 0.937. The molecule has 17 heavy (non-hydrogen) atoms. The Morgan fingerprint density at radius 3 is 3.00 bits per heavy atom. The monoisotopic (exact) mass is 258 g/mol. The standard InChI is InChI=1S/C8H10N4O4S/c1-16-6(13)2-3-17-7-5(12(14)15)4-10-8(9)11-7/h4H,2-3H2,1H3,(H2,9,10,11). The van der Waals surface area contributed by atoms with E-state index in [9.17, 15) is 14.9 Å². The van der Waals surface area contributed by atoms with Gasteiger partial charge in [0.1, 0.15) is 6.20 Å². The van der Waals surface area contributed by atoms with Crippen LogP contribution >= 0.6 is 11.8 Å². The van der Waals surface area contributed by atoms with Crippen molar-refractivity contribution in [2.45, 2.75) is 11.4 Å². The van der Waals surface area contributed by atoms with Crippen LogP contribution < -0.4 is 5.73 Å². The Labute approximate surface area is 101 Å². The third-order valence-corrected chi connectivity index (χ3v) is 2.71. The molecule has 0 aliphatic carbocycles. The summed E-state index contributed by atoms with van der Waals surface area (Å²) in [5.41, 5.74) is 5.11. The summed E-state index contributed by atoms with van der Waals surface area (Å²) in [6.45, 7) is 0. The SMILES string of the molecule is COC(=O)CCSc1nc(N)ncc1[N+](=O)[O-]. The molecule has 0 aliphatic rings. The lowest BCUT2D eigenvalue weighted by Crippen LogP contribution is -2.03. The van der Waals surface area contributed by atoms with Gasteiger partial charge in [0.15, 0.2) is 5.03 Å². The zero-order valence-corrected chi connectivity index (χ0v) is 9.77. The molecule has 0 unspecified atom stereocenters. The first-order valence-corrected chi connectivity index (χ1v) is 5.49. The molecule has 8 nitrogen and oxygen atoms in total. The van der Waals surface area contributed by atoms with Crippen LogP contribution in [0, 0.1) is 10.1 Å². The molecule has 0 bridgehead atoms. The molecule has 0 aliphatic heterocycles. The van der Waals surface area contributed by atoms with E-state index >= 15 is 0 Å². The second kappa shape index (κ2) is 5.99. The molecule has 2 N–H and O–H groups in total. The van der Waals surface area contributed by atoms with Crippen molar-refractivity contribution in [1.29, 1.82) is 0 Å². The van der Waals surface area contributed by atoms with Crippen molar-refractivity contribution in [3.05, 3.63) is 16.3 Å². The first kappa shape index (κ1) is 13.2. The number of nitrogen functional groups attached to an aromatic ring is 1. The quantitative estimate of drug-likeness (QED) is 0.268. The van der Waals surface area contributed by atoms with Crippen molar-refractivity contribution in [2.75, 3.05) is 18.6 Å². The summed E-state index contributed by atoms with van der Waals surface area (Å²) >= 11 is 1.06. The smallest absolute Gasteiger partial charge is 0.319 e. The van der Waals surface area contributed by atoms with Gasteiger partial charge in [0, 0.05) is 5.75 Å². The number of carbonyl (C=O) groups excluding carboxylic acids is 1. The molecule has 1 aromatic rings. The van der Waals surface area contributed by atoms with E-state index in [1.54, 1.807) is 0 Å². The van der Waals surface area contributed by atoms with Crippen molar-refractivity contribution in [3.8, 4) is 0 Å². The lowest BCUT2D eigenvalue weighted by atomic mass is 10.5. The Hall–Kier alpha value is -1.90. The number of hydrogen-bond donors (Lipinski definition) is 1. The molecule has 1 heterocycles. The molecule has 9 heteroatoms. The molecule has 0 saturated carbocycles. The molecule has 0 atom stereocenters. The van der Waals surface area contributed by atoms with Gasteiger partial charge in [-0.3, -0.25) is 14.9 Å². The van der Waals surface area contributed by atoms with E-state index in [0.29, 0.717) is 5.75 Å². The van der Waals surface area contributed by atoms with Crippen LogP contribution in [0.2, 0.25) is 0 Å². The lowest BCUT2D eigenvalue weighted by molar-refractivity contribution is -0.388. The summed E-state index contributed by atoms with van der Waals surface area (Å²) in [6, 6.07) is 0. The summed E-state index contributed by atoms with van der Waals surface area (Å²) in [7, 11) is 1.28. The van der Waals surface area contributed by atoms with Gasteiger partial charge in [0.2, 0.25) is 5.95 Å². The highest BCUT2D eigenvalue weighted by molar-refractivity contribution is 7.99. The number of methoxy groups -OCH3 is 1. The molecule has 0 fully saturated rings. The number of hydrogen-bond acceptors (Lipinski definition) is 8. The Morgan fingerprint density at radius 2 is 2.41 bits per heavy atom. The van der Waals surface area contributed by atoms with E-state index in [4.69, 9.17) is 5.73 Å². The molecule has 1 aromatic heterocycles. The van der Waals surface area contributed by atoms with Gasteiger partial charge in [-0.1, -0.05) is 11.8 Å². The number of aromatic nitrogens is 2. The number of anilines is 1. The molecule has 0 amide bonds. The van der Waals surface area contributed by atoms with Gasteiger partial charge >= 0.3 is 11.7 Å². The van der Waals surface area contributed by atoms with Gasteiger partial charge in [0.25, 0.3) is 0 Å². The van der Waals surface area contributed by atoms with Crippen molar-refractivity contribution >= 4 is 29.4 Å². The predicted molar refractivity (Wildman–Crippen MR) is 60.5 cm³/mol. The highest BCUT2D eigenvalue weighted by Crippen LogP contribution is 2.27. The number of ether oxygens (including phenoxy) is 1. The van der Waals surface area contributed by atoms with Gasteiger partial charge in [-0.15, -0.1) is 0 Å². The van der Waals surface area contributed by atoms with Gasteiger partial charge < -0.3 is 10.5 Å². The molecule has 0 aromatic carbocycles. The van der Waals surface area contributed by atoms with Gasteiger partial charge in [-0.25, -0.2) is 4.98 Å². The van der Waals surface area contributed by atoms with Crippen molar-refractivity contribution in [1.82, 2.24) is 9.97 Å². The van der Waals surface area contributed by atoms with E-state index in [2.05, 4.69) is 14.7 Å². The van der Waals surface area contributed by atoms with Crippen LogP contribution in [-0.4, -0.2) is 33.7 Å². The summed E-state index contributed by atoms with van der Waals surface area (Å²) in [5.74, 6) is -0.109. The zero-order valence-electron chi connectivity index (χ0n) is 8.95. The largest absolute Gasteiger partial charge is 0.469 e. The third-order valence-electron chi connectivity index (χ3n) is 1.72. The maximum Gasteiger partial charge on any atom is 0.319 e. The maximum absolute atomic E-state index is 10.9. The molecular weight excluding hydrogens is 248 g/mol. The Balaban J connectivity index is 2.72. The lowest BCUT2D eigenvalue weighted by Gasteiger charge is -2.01. The van der Waals surface area contributed by atoms with Crippen LogP contribution in [0.4, 0.5) is 11.6 Å². The number of esters is 1. The summed E-state index contributed by atoms with van der Waals surface area (Å²) in [6.07, 6.45) is 1.19. The van der Waals surface area contributed by atoms with Crippen LogP contribution in [0.5, 0.6) is 0 Å². The van der Waals surface area contributed by atoms with Crippen LogP contribution in [0.3, 0.4) is 0 Å². The van der Waals surface area contributed by atoms with Crippen LogP contribution in [-0.2, 0) is 9.53 Å². The van der Waals surface area contributed by atoms with E-state index < -0.39 is 4.92 Å². The van der Waals surface area contributed by atoms with E-state index in [1.807, 2.05) is 0 Å². The van der Waals surface area contributed by atoms with Crippen molar-refractivity contribution < 1.29 is 14.5 Å². The minimum atomic E-state index is -0.597. The number of nitro groups is 1. The van der Waals surface area contributed by atoms with E-state index in [0.717, 1.165) is 18.0 Å². The molecule has 0 radical (unpaired) electrons. The minimum Gasteiger partial charge on any atom is -0.469 e. The van der Waals surface area contributed by atoms with Gasteiger partial charge in [-0.2, -0.15) is 4.98 Å². The molecule has 1 rings (SSSR count). The van der Waals surface area contributed by atoms with Gasteiger partial charge in [-0.05, 0) is 0 Å². The average Bonchev–Trinajstić information content (AvgIpc) is 2.28. The second-order valence-electron chi connectivity index (χ2n) is 2.85. The van der Waals surface area contributed by atoms with E-state index in [1.165, 1.54) is 7.11 Å². The summed E-state index contributed by atoms with van der Waals surface area (Å²) in [4.78, 5) is 28.2. The minimum absolute atomic E-state index is 0.0452. The Bertz CT molecular complexity index is 440. The topological polar surface area (TPSA) is 121 Å². The number of thioether (sulfide) groups is 1. The Morgan fingerprint density at radius 1 is 1.71 bits per heavy atom. The van der Waals surface area contributed by atoms with Crippen LogP contribution in [0.15, 0.2) is 11.2 Å². The van der Waals surface area contributed by atoms with E-state index in [-0.39, 0.29) is 29.1 Å². The fraction of sp³-hybridized carbons (Fsp3) is 0.375. The highest BCUT2D eigenvalue weighted by Gasteiger charge is 2.17. The first-order chi connectivity index (χ1) is 8.04. The van der Waals surface area contributed by atoms with Gasteiger partial charge in [0.05, 0.1) is 18.5 Å². The average molecular weight is 258 g/mol. The van der Waals surface area contributed by atoms with Crippen molar-refractivity contribution in [3.63, 3.8) is 0 Å². The highest BCUT2D eigenvalue weighted by atomic mass is 32.2. The summed E-state index contributed by atoms with van der Waals surface area (Å²) < 4.78 is 4.45. The molecule has 0 saturated heterocycles. The second-order valence-corrected chi connectivity index (χ2v) is 3.93.